The van der Waals surface area contributed by atoms with Gasteiger partial charge in [-0.2, -0.15) is 5.26 Å². The molecule has 0 unspecified atom stereocenters. The summed E-state index contributed by atoms with van der Waals surface area (Å²) < 4.78 is 11.1. The summed E-state index contributed by atoms with van der Waals surface area (Å²) in [4.78, 5) is 3.78. The number of nitriles is 1. The van der Waals surface area contributed by atoms with Gasteiger partial charge in [-0.1, -0.05) is 91.0 Å². The molecule has 0 aliphatic heterocycles. The lowest BCUT2D eigenvalue weighted by Crippen LogP contribution is -1.96. The van der Waals surface area contributed by atoms with E-state index in [1.807, 2.05) is 42.5 Å². The maximum absolute atomic E-state index is 9.65. The Labute approximate surface area is 315 Å². The Morgan fingerprint density at radius 1 is 0.491 bits per heavy atom. The van der Waals surface area contributed by atoms with Crippen LogP contribution in [0.5, 0.6) is 0 Å². The fourth-order valence-corrected chi connectivity index (χ4v) is 8.55. The van der Waals surface area contributed by atoms with Gasteiger partial charge in [0, 0.05) is 43.7 Å². The Balaban J connectivity index is 1.08. The van der Waals surface area contributed by atoms with Crippen molar-refractivity contribution in [2.24, 2.45) is 0 Å². The number of benzene rings is 8. The highest BCUT2D eigenvalue weighted by Gasteiger charge is 2.20. The van der Waals surface area contributed by atoms with Crippen molar-refractivity contribution in [2.45, 2.75) is 0 Å². The third-order valence-corrected chi connectivity index (χ3v) is 10.9. The van der Waals surface area contributed by atoms with Gasteiger partial charge in [0.05, 0.1) is 40.3 Å². The van der Waals surface area contributed by atoms with Crippen LogP contribution >= 0.6 is 0 Å². The van der Waals surface area contributed by atoms with Gasteiger partial charge in [0.1, 0.15) is 11.2 Å². The van der Waals surface area contributed by atoms with E-state index in [1.54, 1.807) is 0 Å². The zero-order chi connectivity index (χ0) is 36.6. The topological polar surface area (TPSA) is 51.1 Å². The molecule has 3 aromatic heterocycles. The van der Waals surface area contributed by atoms with Crippen molar-refractivity contribution >= 4 is 71.2 Å². The minimum absolute atomic E-state index is 0.595. The maximum Gasteiger partial charge on any atom is 0.188 e. The number of rotatable bonds is 4. The number of para-hydroxylation sites is 2. The Morgan fingerprint density at radius 3 is 1.85 bits per heavy atom. The largest absolute Gasteiger partial charge is 0.455 e. The molecule has 8 aromatic carbocycles. The number of aromatic nitrogens is 2. The Bertz CT molecular complexity index is 3470. The molecule has 0 fully saturated rings. The van der Waals surface area contributed by atoms with Crippen LogP contribution in [-0.4, -0.2) is 9.13 Å². The first-order valence-electron chi connectivity index (χ1n) is 18.2. The van der Waals surface area contributed by atoms with E-state index in [4.69, 9.17) is 11.0 Å². The molecule has 0 radical (unpaired) electrons. The first-order valence-corrected chi connectivity index (χ1v) is 18.2. The number of hydrogen-bond acceptors (Lipinski definition) is 2. The normalized spacial score (nSPS) is 11.6. The van der Waals surface area contributed by atoms with Crippen LogP contribution in [0, 0.1) is 17.9 Å². The summed E-state index contributed by atoms with van der Waals surface area (Å²) in [5.74, 6) is 0. The molecule has 0 bridgehead atoms. The minimum Gasteiger partial charge on any atom is -0.455 e. The summed E-state index contributed by atoms with van der Waals surface area (Å²) in [6.07, 6.45) is 0. The zero-order valence-electron chi connectivity index (χ0n) is 29.4. The van der Waals surface area contributed by atoms with Gasteiger partial charge in [0.25, 0.3) is 0 Å². The first kappa shape index (κ1) is 30.7. The maximum atomic E-state index is 9.65. The van der Waals surface area contributed by atoms with E-state index >= 15 is 0 Å². The molecule has 3 heterocycles. The summed E-state index contributed by atoms with van der Waals surface area (Å²) in [7, 11) is 0. The number of nitrogens with zero attached hydrogens (tertiary/aromatic N) is 4. The zero-order valence-corrected chi connectivity index (χ0v) is 29.4. The second-order valence-electron chi connectivity index (χ2n) is 13.9. The molecule has 0 spiro atoms. The van der Waals surface area contributed by atoms with E-state index in [9.17, 15) is 5.26 Å². The molecule has 0 N–H and O–H groups in total. The Kier molecular flexibility index (Phi) is 6.61. The van der Waals surface area contributed by atoms with Crippen LogP contribution in [0.2, 0.25) is 0 Å². The van der Waals surface area contributed by atoms with Crippen molar-refractivity contribution < 1.29 is 4.42 Å². The minimum atomic E-state index is 0.595. The fourth-order valence-electron chi connectivity index (χ4n) is 8.55. The highest BCUT2D eigenvalue weighted by Crippen LogP contribution is 2.43. The van der Waals surface area contributed by atoms with Gasteiger partial charge >= 0.3 is 0 Å². The van der Waals surface area contributed by atoms with Gasteiger partial charge in [-0.25, -0.2) is 4.85 Å². The van der Waals surface area contributed by atoms with Crippen molar-refractivity contribution in [3.63, 3.8) is 0 Å². The molecular weight excluding hydrogens is 673 g/mol. The predicted octanol–water partition coefficient (Wildman–Crippen LogP) is 13.5. The number of hydrogen-bond donors (Lipinski definition) is 0. The van der Waals surface area contributed by atoms with Crippen LogP contribution in [0.1, 0.15) is 5.56 Å². The molecule has 0 amide bonds. The number of furan rings is 1. The SMILES string of the molecule is [C-]#[N+]c1ccc2c(c1)c1c3oc4ccccc4c3ccc1n2-c1cccc(-c2ccccc2-c2cccc(-n3c4ccccc4c4cc(C#N)ccc43)c2)c1. The third-order valence-electron chi connectivity index (χ3n) is 10.9. The lowest BCUT2D eigenvalue weighted by Gasteiger charge is -2.15. The summed E-state index contributed by atoms with van der Waals surface area (Å²) in [6.45, 7) is 7.79. The fraction of sp³-hybridized carbons (Fsp3) is 0. The van der Waals surface area contributed by atoms with Crippen molar-refractivity contribution in [2.75, 3.05) is 0 Å². The molecule has 0 aliphatic carbocycles. The summed E-state index contributed by atoms with van der Waals surface area (Å²) in [6, 6.07) is 61.0. The van der Waals surface area contributed by atoms with Crippen molar-refractivity contribution in [3.8, 4) is 39.7 Å². The molecule has 0 saturated carbocycles. The van der Waals surface area contributed by atoms with Gasteiger partial charge in [-0.15, -0.1) is 0 Å². The van der Waals surface area contributed by atoms with Crippen LogP contribution in [-0.2, 0) is 0 Å². The van der Waals surface area contributed by atoms with Crippen LogP contribution in [0.4, 0.5) is 5.69 Å². The highest BCUT2D eigenvalue weighted by atomic mass is 16.3. The van der Waals surface area contributed by atoms with Crippen LogP contribution in [0.3, 0.4) is 0 Å². The third kappa shape index (κ3) is 4.58. The quantitative estimate of drug-likeness (QED) is 0.172. The first-order chi connectivity index (χ1) is 27.2. The van der Waals surface area contributed by atoms with Crippen molar-refractivity contribution in [3.05, 3.63) is 187 Å². The van der Waals surface area contributed by atoms with E-state index in [0.717, 1.165) is 99.2 Å². The Hall–Kier alpha value is -7.86. The van der Waals surface area contributed by atoms with Crippen LogP contribution < -0.4 is 0 Å². The monoisotopic (exact) mass is 700 g/mol. The average molecular weight is 701 g/mol. The highest BCUT2D eigenvalue weighted by molar-refractivity contribution is 6.24. The molecular formula is C50H28N4O. The van der Waals surface area contributed by atoms with Crippen LogP contribution in [0.15, 0.2) is 174 Å². The second kappa shape index (κ2) is 11.8. The van der Waals surface area contributed by atoms with Gasteiger partial charge in [-0.3, -0.25) is 0 Å². The van der Waals surface area contributed by atoms with E-state index < -0.39 is 0 Å². The van der Waals surface area contributed by atoms with E-state index in [-0.39, 0.29) is 0 Å². The molecule has 254 valence electrons. The molecule has 0 atom stereocenters. The predicted molar refractivity (Wildman–Crippen MR) is 224 cm³/mol. The van der Waals surface area contributed by atoms with Gasteiger partial charge in [0.15, 0.2) is 5.69 Å². The smallest absolute Gasteiger partial charge is 0.188 e. The Morgan fingerprint density at radius 2 is 1.11 bits per heavy atom. The molecule has 0 saturated heterocycles. The summed E-state index contributed by atoms with van der Waals surface area (Å²) in [5, 5.41) is 16.0. The van der Waals surface area contributed by atoms with Crippen molar-refractivity contribution in [1.29, 1.82) is 5.26 Å². The molecule has 55 heavy (non-hydrogen) atoms. The van der Waals surface area contributed by atoms with E-state index in [2.05, 4.69) is 147 Å². The van der Waals surface area contributed by atoms with E-state index in [1.165, 1.54) is 0 Å². The summed E-state index contributed by atoms with van der Waals surface area (Å²) in [5.41, 5.74) is 13.7. The molecule has 11 aromatic rings. The standard InChI is InChI=1S/C50H28N4O/c1-52-34-21-24-46-43(29-34)49-47(25-22-41-40-17-5-7-19-48(40)55-50(41)49)54(46)36-13-9-11-33(28-36)38-15-3-2-14-37(38)32-10-8-12-35(27-32)53-44-18-6-4-16-39(44)42-26-31(30-51)20-23-45(42)53/h2-29H. The lowest BCUT2D eigenvalue weighted by molar-refractivity contribution is 0.673. The molecule has 5 nitrogen and oxygen atoms in total. The average Bonchev–Trinajstić information content (AvgIpc) is 3.91. The van der Waals surface area contributed by atoms with Gasteiger partial charge in [0.2, 0.25) is 0 Å². The lowest BCUT2D eigenvalue weighted by atomic mass is 9.94. The van der Waals surface area contributed by atoms with Crippen molar-refractivity contribution in [1.82, 2.24) is 9.13 Å². The molecule has 11 rings (SSSR count). The second-order valence-corrected chi connectivity index (χ2v) is 13.9. The molecule has 5 heteroatoms. The van der Waals surface area contributed by atoms with Gasteiger partial charge in [-0.05, 0) is 101 Å². The van der Waals surface area contributed by atoms with Crippen LogP contribution in [0.25, 0.3) is 104 Å². The number of fused-ring (bicyclic) bond motifs is 10. The van der Waals surface area contributed by atoms with Gasteiger partial charge < -0.3 is 13.6 Å². The van der Waals surface area contributed by atoms with E-state index in [0.29, 0.717) is 11.3 Å². The summed E-state index contributed by atoms with van der Waals surface area (Å²) >= 11 is 0. The molecule has 0 aliphatic rings.